The quantitative estimate of drug-likeness (QED) is 0.120. The summed E-state index contributed by atoms with van der Waals surface area (Å²) >= 11 is 0. The third-order valence-corrected chi connectivity index (χ3v) is 22.4. The summed E-state index contributed by atoms with van der Waals surface area (Å²) in [6.07, 6.45) is 0. The van der Waals surface area contributed by atoms with Crippen LogP contribution in [0, 0.1) is 0 Å². The number of anilines is 6. The lowest BCUT2D eigenvalue weighted by atomic mass is 9.34. The van der Waals surface area contributed by atoms with Crippen molar-refractivity contribution in [3.05, 3.63) is 376 Å². The van der Waals surface area contributed by atoms with Crippen LogP contribution in [0.2, 0.25) is 0 Å². The third-order valence-electron chi connectivity index (χ3n) is 22.4. The third kappa shape index (κ3) is 10.3. The molecule has 4 aliphatic heterocycles. The van der Waals surface area contributed by atoms with E-state index in [4.69, 9.17) is 18.9 Å². The second-order valence-electron chi connectivity index (χ2n) is 28.6. The van der Waals surface area contributed by atoms with Crippen molar-refractivity contribution in [2.75, 3.05) is 9.80 Å². The molecule has 6 nitrogen and oxygen atoms in total. The molecule has 0 amide bonds. The van der Waals surface area contributed by atoms with Crippen LogP contribution in [0.3, 0.4) is 0 Å². The zero-order valence-electron chi connectivity index (χ0n) is 58.5. The lowest BCUT2D eigenvalue weighted by Crippen LogP contribution is -2.57. The maximum absolute atomic E-state index is 7.35. The number of rotatable bonds is 11. The molecule has 8 heteroatoms. The normalized spacial score (nSPS) is 12.5. The molecule has 502 valence electrons. The van der Waals surface area contributed by atoms with Gasteiger partial charge in [-0.25, -0.2) is 0 Å². The van der Waals surface area contributed by atoms with Gasteiger partial charge in [0, 0.05) is 57.9 Å². The number of benzene rings is 18. The van der Waals surface area contributed by atoms with Gasteiger partial charge in [0.2, 0.25) is 0 Å². The van der Waals surface area contributed by atoms with Gasteiger partial charge in [0.1, 0.15) is 46.0 Å². The molecular weight excluding hydrogens is 1310 g/mol. The molecule has 0 fully saturated rings. The Hall–Kier alpha value is -14.1. The lowest BCUT2D eigenvalue weighted by Gasteiger charge is -2.35. The molecule has 18 aromatic carbocycles. The van der Waals surface area contributed by atoms with Crippen molar-refractivity contribution in [2.45, 2.75) is 0 Å². The first-order chi connectivity index (χ1) is 53.5. The summed E-state index contributed by atoms with van der Waals surface area (Å²) < 4.78 is 29.0. The molecule has 0 saturated carbocycles. The topological polar surface area (TPSA) is 43.4 Å². The van der Waals surface area contributed by atoms with Crippen LogP contribution in [-0.4, -0.2) is 13.4 Å². The SMILES string of the molecule is c1ccc(-c2ccc3c(c2)Oc2cc(N(c4ccccc4)c4ccccc4)cc4c2B3c2ccc(-c3cccc(-c5ccc6cc(N(c7cc8c9c(c7)Oc7cc(-c%10cccc%11ccccc%10%11)ccc7B9c7ccc(-c9cccc%10ccccc9%10)cc7O8)c7ccc8ccccc8c7)ccc6c5)c3)cc2O4)cc1. The van der Waals surface area contributed by atoms with Crippen molar-refractivity contribution >= 4 is 123 Å². The summed E-state index contributed by atoms with van der Waals surface area (Å²) in [7, 11) is 0. The summed E-state index contributed by atoms with van der Waals surface area (Å²) in [4.78, 5) is 4.63. The smallest absolute Gasteiger partial charge is 0.260 e. The number of ether oxygens (including phenoxy) is 4. The van der Waals surface area contributed by atoms with Gasteiger partial charge in [-0.05, 0) is 206 Å². The van der Waals surface area contributed by atoms with E-state index in [1.54, 1.807) is 0 Å². The molecule has 0 aliphatic carbocycles. The molecule has 0 radical (unpaired) electrons. The predicted molar refractivity (Wildman–Crippen MR) is 448 cm³/mol. The van der Waals surface area contributed by atoms with E-state index in [9.17, 15) is 0 Å². The summed E-state index contributed by atoms with van der Waals surface area (Å²) in [6, 6.07) is 136. The van der Waals surface area contributed by atoms with E-state index in [-0.39, 0.29) is 13.4 Å². The standard InChI is InChI=1S/C100H62B2N2O4/c1-4-19-63(20-5-1)73-41-47-87-91(55-73)105-95-59-81(103(77-29-6-2-7-30-77)78-31-8-3-9-32-78)60-96-99(95)101(87)88-48-42-74(56-92(88)106-96)68-28-16-27-67(51-68)70-37-38-72-54-80(46-40-71(72)52-70)104(79-45-39-64-21-10-11-24-69(64)53-79)82-61-97-100-98(62-82)108-94-58-76(86-36-18-26-66-23-13-15-34-84(66)86)44-50-90(94)102(100)89-49-43-75(57-93(89)107-97)85-35-17-25-65-22-12-14-33-83(65)85/h1-62H. The van der Waals surface area contributed by atoms with Crippen molar-refractivity contribution in [2.24, 2.45) is 0 Å². The van der Waals surface area contributed by atoms with Crippen LogP contribution < -0.4 is 61.5 Å². The van der Waals surface area contributed by atoms with Crippen molar-refractivity contribution in [3.8, 4) is 102 Å². The van der Waals surface area contributed by atoms with Crippen LogP contribution in [0.5, 0.6) is 46.0 Å². The fourth-order valence-electron chi connectivity index (χ4n) is 17.3. The number of nitrogens with zero attached hydrogens (tertiary/aromatic N) is 2. The van der Waals surface area contributed by atoms with Gasteiger partial charge in [-0.1, -0.05) is 267 Å². The van der Waals surface area contributed by atoms with Crippen molar-refractivity contribution in [3.63, 3.8) is 0 Å². The average molecular weight is 1380 g/mol. The zero-order valence-corrected chi connectivity index (χ0v) is 58.5. The Morgan fingerprint density at radius 2 is 0.500 bits per heavy atom. The molecular formula is C100H62B2N2O4. The van der Waals surface area contributed by atoms with Crippen LogP contribution in [0.15, 0.2) is 376 Å². The molecule has 22 rings (SSSR count). The van der Waals surface area contributed by atoms with E-state index in [0.717, 1.165) is 185 Å². The second kappa shape index (κ2) is 24.8. The molecule has 0 N–H and O–H groups in total. The molecule has 0 bridgehead atoms. The molecule has 0 atom stereocenters. The maximum atomic E-state index is 7.35. The maximum Gasteiger partial charge on any atom is 0.260 e. The van der Waals surface area contributed by atoms with Crippen LogP contribution in [0.1, 0.15) is 0 Å². The highest BCUT2D eigenvalue weighted by atomic mass is 16.5. The monoisotopic (exact) mass is 1380 g/mol. The largest absolute Gasteiger partial charge is 0.458 e. The fraction of sp³-hybridized carbons (Fsp3) is 0. The Bertz CT molecular complexity index is 6540. The highest BCUT2D eigenvalue weighted by molar-refractivity contribution is 6.99. The molecule has 0 aromatic heterocycles. The van der Waals surface area contributed by atoms with Gasteiger partial charge in [-0.2, -0.15) is 0 Å². The Balaban J connectivity index is 0.634. The fourth-order valence-corrected chi connectivity index (χ4v) is 17.3. The minimum absolute atomic E-state index is 0.133. The molecule has 0 saturated heterocycles. The number of fused-ring (bicyclic) bond motifs is 12. The van der Waals surface area contributed by atoms with Gasteiger partial charge in [-0.3, -0.25) is 0 Å². The van der Waals surface area contributed by atoms with Crippen molar-refractivity contribution < 1.29 is 18.9 Å². The minimum atomic E-state index is -0.161. The molecule has 4 heterocycles. The molecule has 4 aliphatic rings. The summed E-state index contributed by atoms with van der Waals surface area (Å²) in [5.74, 6) is 6.37. The van der Waals surface area contributed by atoms with Gasteiger partial charge in [0.15, 0.2) is 0 Å². The van der Waals surface area contributed by atoms with Crippen molar-refractivity contribution in [1.82, 2.24) is 0 Å². The number of hydrogen-bond donors (Lipinski definition) is 0. The van der Waals surface area contributed by atoms with Gasteiger partial charge >= 0.3 is 0 Å². The highest BCUT2D eigenvalue weighted by Crippen LogP contribution is 2.48. The van der Waals surface area contributed by atoms with Crippen LogP contribution in [0.25, 0.3) is 98.7 Å². The van der Waals surface area contributed by atoms with Crippen molar-refractivity contribution in [1.29, 1.82) is 0 Å². The van der Waals surface area contributed by atoms with E-state index >= 15 is 0 Å². The number of hydrogen-bond acceptors (Lipinski definition) is 6. The van der Waals surface area contributed by atoms with E-state index in [1.165, 1.54) is 26.9 Å². The Morgan fingerprint density at radius 3 is 1.00 bits per heavy atom. The lowest BCUT2D eigenvalue weighted by molar-refractivity contribution is 0.464. The average Bonchev–Trinajstić information content (AvgIpc) is 0.720. The van der Waals surface area contributed by atoms with Crippen LogP contribution in [-0.2, 0) is 0 Å². The minimum Gasteiger partial charge on any atom is -0.458 e. The van der Waals surface area contributed by atoms with Gasteiger partial charge < -0.3 is 28.7 Å². The number of para-hydroxylation sites is 2. The van der Waals surface area contributed by atoms with E-state index in [1.807, 2.05) is 0 Å². The first-order valence-electron chi connectivity index (χ1n) is 37.0. The molecule has 108 heavy (non-hydrogen) atoms. The summed E-state index contributed by atoms with van der Waals surface area (Å²) in [5, 5.41) is 9.33. The predicted octanol–water partition coefficient (Wildman–Crippen LogP) is 23.0. The van der Waals surface area contributed by atoms with Gasteiger partial charge in [-0.15, -0.1) is 0 Å². The van der Waals surface area contributed by atoms with Gasteiger partial charge in [0.05, 0.1) is 11.4 Å². The molecule has 0 spiro atoms. The van der Waals surface area contributed by atoms with Crippen LogP contribution >= 0.6 is 0 Å². The summed E-state index contributed by atoms with van der Waals surface area (Å²) in [6.45, 7) is -0.294. The summed E-state index contributed by atoms with van der Waals surface area (Å²) in [5.41, 5.74) is 23.5. The van der Waals surface area contributed by atoms with E-state index < -0.39 is 0 Å². The Kier molecular flexibility index (Phi) is 14.1. The Labute approximate surface area is 625 Å². The molecule has 0 unspecified atom stereocenters. The van der Waals surface area contributed by atoms with Gasteiger partial charge in [0.25, 0.3) is 13.4 Å². The highest BCUT2D eigenvalue weighted by Gasteiger charge is 2.43. The van der Waals surface area contributed by atoms with E-state index in [2.05, 4.69) is 386 Å². The first-order valence-corrected chi connectivity index (χ1v) is 37.0. The Morgan fingerprint density at radius 1 is 0.176 bits per heavy atom. The van der Waals surface area contributed by atoms with E-state index in [0.29, 0.717) is 0 Å². The van der Waals surface area contributed by atoms with Crippen LogP contribution in [0.4, 0.5) is 34.1 Å². The first kappa shape index (κ1) is 61.4. The second-order valence-corrected chi connectivity index (χ2v) is 28.6. The molecule has 18 aromatic rings. The zero-order chi connectivity index (χ0) is 70.9.